The Morgan fingerprint density at radius 2 is 1.91 bits per heavy atom. The maximum Gasteiger partial charge on any atom is 0.340 e. The van der Waals surface area contributed by atoms with Crippen LogP contribution in [0.25, 0.3) is 0 Å². The summed E-state index contributed by atoms with van der Waals surface area (Å²) in [6, 6.07) is 3.58. The molecule has 9 nitrogen and oxygen atoms in total. The monoisotopic (exact) mass is 462 g/mol. The van der Waals surface area contributed by atoms with Crippen LogP contribution in [-0.2, 0) is 19.6 Å². The molecule has 174 valence electrons. The van der Waals surface area contributed by atoms with Gasteiger partial charge in [0.2, 0.25) is 15.9 Å². The zero-order valence-corrected chi connectivity index (χ0v) is 19.4. The Bertz CT molecular complexity index is 1000. The fourth-order valence-electron chi connectivity index (χ4n) is 4.45. The van der Waals surface area contributed by atoms with Crippen molar-refractivity contribution in [1.29, 1.82) is 5.26 Å². The highest BCUT2D eigenvalue weighted by molar-refractivity contribution is 7.90. The van der Waals surface area contributed by atoms with Crippen LogP contribution in [0, 0.1) is 30.1 Å². The van der Waals surface area contributed by atoms with Crippen LogP contribution < -0.4 is 9.62 Å². The van der Waals surface area contributed by atoms with Crippen molar-refractivity contribution in [2.75, 3.05) is 30.3 Å². The number of nitrogens with zero attached hydrogens (tertiary/aromatic N) is 3. The number of esters is 1. The van der Waals surface area contributed by atoms with Crippen LogP contribution in [0.1, 0.15) is 67.1 Å². The number of pyridine rings is 1. The first-order valence-corrected chi connectivity index (χ1v) is 12.8. The van der Waals surface area contributed by atoms with E-state index in [4.69, 9.17) is 4.74 Å². The molecular weight excluding hydrogens is 432 g/mol. The van der Waals surface area contributed by atoms with Gasteiger partial charge in [-0.15, -0.1) is 0 Å². The summed E-state index contributed by atoms with van der Waals surface area (Å²) in [5.74, 6) is -0.766. The van der Waals surface area contributed by atoms with E-state index in [0.717, 1.165) is 25.7 Å². The molecule has 0 radical (unpaired) electrons. The highest BCUT2D eigenvalue weighted by atomic mass is 32.2. The number of carbonyl (C=O) groups excluding carboxylic acids is 2. The number of ether oxygens (including phenoxy) is 1. The number of aryl methyl sites for hydroxylation is 1. The van der Waals surface area contributed by atoms with Crippen LogP contribution in [-0.4, -0.2) is 50.7 Å². The van der Waals surface area contributed by atoms with Crippen LogP contribution in [0.2, 0.25) is 0 Å². The predicted molar refractivity (Wildman–Crippen MR) is 118 cm³/mol. The molecule has 10 heteroatoms. The number of nitrogens with one attached hydrogen (secondary N) is 1. The zero-order chi connectivity index (χ0) is 23.3. The SMILES string of the molecule is CCOC(=O)c1cc(C#N)c(N2CCC(C(=O)NS(=O)(=O)CC3CCCC3)CC2)nc1C. The molecule has 0 atom stereocenters. The van der Waals surface area contributed by atoms with E-state index in [9.17, 15) is 23.3 Å². The fourth-order valence-corrected chi connectivity index (χ4v) is 5.96. The number of amides is 1. The van der Waals surface area contributed by atoms with E-state index in [1.807, 2.05) is 4.90 Å². The van der Waals surface area contributed by atoms with Gasteiger partial charge < -0.3 is 9.64 Å². The van der Waals surface area contributed by atoms with Gasteiger partial charge in [-0.05, 0) is 51.5 Å². The van der Waals surface area contributed by atoms with Crippen molar-refractivity contribution in [2.24, 2.45) is 11.8 Å². The van der Waals surface area contributed by atoms with Gasteiger partial charge >= 0.3 is 5.97 Å². The summed E-state index contributed by atoms with van der Waals surface area (Å²) in [4.78, 5) is 31.0. The normalized spacial score (nSPS) is 17.7. The van der Waals surface area contributed by atoms with Crippen LogP contribution >= 0.6 is 0 Å². The first-order chi connectivity index (χ1) is 15.2. The number of anilines is 1. The predicted octanol–water partition coefficient (Wildman–Crippen LogP) is 2.29. The molecule has 0 spiro atoms. The summed E-state index contributed by atoms with van der Waals surface area (Å²) in [6.45, 7) is 4.54. The molecule has 2 fully saturated rings. The Kier molecular flexibility index (Phi) is 7.72. The number of piperidine rings is 1. The van der Waals surface area contributed by atoms with E-state index in [-0.39, 0.29) is 29.4 Å². The van der Waals surface area contributed by atoms with Crippen molar-refractivity contribution >= 4 is 27.7 Å². The summed E-state index contributed by atoms with van der Waals surface area (Å²) in [5, 5.41) is 9.56. The second-order valence-corrected chi connectivity index (χ2v) is 10.3. The van der Waals surface area contributed by atoms with Crippen LogP contribution in [0.4, 0.5) is 5.82 Å². The Hall–Kier alpha value is -2.67. The summed E-state index contributed by atoms with van der Waals surface area (Å²) < 4.78 is 32.0. The van der Waals surface area contributed by atoms with Gasteiger partial charge in [0.1, 0.15) is 11.9 Å². The van der Waals surface area contributed by atoms with Crippen LogP contribution in [0.3, 0.4) is 0 Å². The number of rotatable bonds is 7. The third-order valence-corrected chi connectivity index (χ3v) is 7.58. The molecule has 2 aliphatic rings. The minimum Gasteiger partial charge on any atom is -0.462 e. The third kappa shape index (κ3) is 5.76. The molecule has 1 saturated heterocycles. The maximum absolute atomic E-state index is 12.6. The van der Waals surface area contributed by atoms with E-state index in [0.29, 0.717) is 37.4 Å². The minimum absolute atomic E-state index is 0.0130. The average molecular weight is 463 g/mol. The molecule has 0 bridgehead atoms. The van der Waals surface area contributed by atoms with Crippen LogP contribution in [0.5, 0.6) is 0 Å². The van der Waals surface area contributed by atoms with E-state index in [1.165, 1.54) is 6.07 Å². The lowest BCUT2D eigenvalue weighted by Gasteiger charge is -2.32. The number of carbonyl (C=O) groups is 2. The molecule has 1 amide bonds. The van der Waals surface area contributed by atoms with E-state index < -0.39 is 27.8 Å². The molecule has 0 unspecified atom stereocenters. The summed E-state index contributed by atoms with van der Waals surface area (Å²) >= 11 is 0. The van der Waals surface area contributed by atoms with Crippen molar-refractivity contribution in [3.05, 3.63) is 22.9 Å². The number of nitriles is 1. The molecule has 0 aromatic carbocycles. The molecule has 3 rings (SSSR count). The topological polar surface area (TPSA) is 129 Å². The summed E-state index contributed by atoms with van der Waals surface area (Å²) in [7, 11) is -3.63. The molecule has 1 saturated carbocycles. The molecule has 1 aliphatic carbocycles. The zero-order valence-electron chi connectivity index (χ0n) is 18.6. The standard InChI is InChI=1S/C22H30N4O5S/c1-3-31-22(28)19-12-18(13-23)20(24-15(19)2)26-10-8-17(9-11-26)21(27)25-32(29,30)14-16-6-4-5-7-16/h12,16-17H,3-11,14H2,1-2H3,(H,25,27). The lowest BCUT2D eigenvalue weighted by molar-refractivity contribution is -0.123. The first kappa shape index (κ1) is 24.0. The Morgan fingerprint density at radius 3 is 2.50 bits per heavy atom. The van der Waals surface area contributed by atoms with Gasteiger partial charge in [0.05, 0.1) is 29.2 Å². The van der Waals surface area contributed by atoms with Gasteiger partial charge in [-0.2, -0.15) is 5.26 Å². The van der Waals surface area contributed by atoms with Gasteiger partial charge in [0.25, 0.3) is 0 Å². The fraction of sp³-hybridized carbons (Fsp3) is 0.636. The Morgan fingerprint density at radius 1 is 1.25 bits per heavy atom. The molecular formula is C22H30N4O5S. The van der Waals surface area contributed by atoms with Crippen molar-refractivity contribution in [3.63, 3.8) is 0 Å². The molecule has 2 heterocycles. The largest absolute Gasteiger partial charge is 0.462 e. The number of sulfonamides is 1. The number of hydrogen-bond acceptors (Lipinski definition) is 8. The summed E-state index contributed by atoms with van der Waals surface area (Å²) in [6.07, 6.45) is 4.80. The van der Waals surface area contributed by atoms with Gasteiger partial charge in [0.15, 0.2) is 0 Å². The van der Waals surface area contributed by atoms with Gasteiger partial charge in [-0.25, -0.2) is 18.2 Å². The van der Waals surface area contributed by atoms with Crippen molar-refractivity contribution in [2.45, 2.75) is 52.4 Å². The molecule has 1 aliphatic heterocycles. The second-order valence-electron chi connectivity index (χ2n) is 8.48. The highest BCUT2D eigenvalue weighted by Gasteiger charge is 2.31. The number of aromatic nitrogens is 1. The van der Waals surface area contributed by atoms with E-state index >= 15 is 0 Å². The Balaban J connectivity index is 1.62. The molecule has 1 N–H and O–H groups in total. The van der Waals surface area contributed by atoms with E-state index in [1.54, 1.807) is 13.8 Å². The quantitative estimate of drug-likeness (QED) is 0.611. The molecule has 32 heavy (non-hydrogen) atoms. The smallest absolute Gasteiger partial charge is 0.340 e. The highest BCUT2D eigenvalue weighted by Crippen LogP contribution is 2.28. The molecule has 1 aromatic rings. The van der Waals surface area contributed by atoms with Gasteiger partial charge in [0, 0.05) is 19.0 Å². The lowest BCUT2D eigenvalue weighted by atomic mass is 9.96. The third-order valence-electron chi connectivity index (χ3n) is 6.16. The van der Waals surface area contributed by atoms with Gasteiger partial charge in [-0.3, -0.25) is 9.52 Å². The maximum atomic E-state index is 12.6. The van der Waals surface area contributed by atoms with Crippen molar-refractivity contribution in [3.8, 4) is 6.07 Å². The Labute approximate surface area is 189 Å². The number of hydrogen-bond donors (Lipinski definition) is 1. The second kappa shape index (κ2) is 10.3. The van der Waals surface area contributed by atoms with E-state index in [2.05, 4.69) is 15.8 Å². The molecule has 1 aromatic heterocycles. The van der Waals surface area contributed by atoms with Gasteiger partial charge in [-0.1, -0.05) is 12.8 Å². The van der Waals surface area contributed by atoms with Crippen molar-refractivity contribution in [1.82, 2.24) is 9.71 Å². The van der Waals surface area contributed by atoms with Crippen molar-refractivity contribution < 1.29 is 22.7 Å². The first-order valence-electron chi connectivity index (χ1n) is 11.1. The summed E-state index contributed by atoms with van der Waals surface area (Å²) in [5.41, 5.74) is 0.991. The average Bonchev–Trinajstić information content (AvgIpc) is 3.25. The lowest BCUT2D eigenvalue weighted by Crippen LogP contribution is -2.44. The minimum atomic E-state index is -3.63. The van der Waals surface area contributed by atoms with Crippen LogP contribution in [0.15, 0.2) is 6.07 Å².